The second kappa shape index (κ2) is 5.24. The van der Waals surface area contributed by atoms with Crippen LogP contribution in [-0.4, -0.2) is 47.6 Å². The molecule has 2 heterocycles. The molecule has 6 nitrogen and oxygen atoms in total. The second-order valence-electron chi connectivity index (χ2n) is 3.93. The molecule has 0 aliphatic carbocycles. The Bertz CT molecular complexity index is 377. The van der Waals surface area contributed by atoms with Crippen LogP contribution in [-0.2, 0) is 0 Å². The summed E-state index contributed by atoms with van der Waals surface area (Å²) in [7, 11) is 0. The van der Waals surface area contributed by atoms with E-state index < -0.39 is 5.82 Å². The molecule has 0 amide bonds. The Morgan fingerprint density at radius 3 is 2.71 bits per heavy atom. The fourth-order valence-electron chi connectivity index (χ4n) is 1.93. The minimum absolute atomic E-state index is 0.235. The Morgan fingerprint density at radius 1 is 1.41 bits per heavy atom. The predicted molar refractivity (Wildman–Crippen MR) is 64.1 cm³/mol. The number of nitrogen functional groups attached to an aromatic ring is 1. The maximum absolute atomic E-state index is 13.6. The van der Waals surface area contributed by atoms with E-state index in [1.807, 2.05) is 4.90 Å². The van der Waals surface area contributed by atoms with E-state index in [1.165, 1.54) is 0 Å². The molecule has 1 aliphatic rings. The topological polar surface area (TPSA) is 70.3 Å². The van der Waals surface area contributed by atoms with E-state index in [9.17, 15) is 4.39 Å². The summed E-state index contributed by atoms with van der Waals surface area (Å²) in [5.41, 5.74) is 2.33. The van der Waals surface area contributed by atoms with Crippen LogP contribution < -0.4 is 16.2 Å². The normalized spacial score (nSPS) is 17.2. The zero-order valence-electron chi connectivity index (χ0n) is 9.86. The first kappa shape index (κ1) is 12.0. The summed E-state index contributed by atoms with van der Waals surface area (Å²) in [4.78, 5) is 12.0. The molecule has 0 bridgehead atoms. The van der Waals surface area contributed by atoms with Crippen LogP contribution in [0.25, 0.3) is 0 Å². The Balaban J connectivity index is 2.12. The van der Waals surface area contributed by atoms with Crippen LogP contribution in [0.4, 0.5) is 16.2 Å². The Hall–Kier alpha value is -1.47. The van der Waals surface area contributed by atoms with E-state index in [0.717, 1.165) is 38.9 Å². The Labute approximate surface area is 99.6 Å². The predicted octanol–water partition coefficient (Wildman–Crippen LogP) is 0.0432. The average Bonchev–Trinajstić information content (AvgIpc) is 2.39. The lowest BCUT2D eigenvalue weighted by Gasteiger charge is -2.34. The minimum atomic E-state index is -0.408. The van der Waals surface area contributed by atoms with Gasteiger partial charge in [-0.15, -0.1) is 0 Å². The lowest BCUT2D eigenvalue weighted by Crippen LogP contribution is -2.46. The number of anilines is 2. The van der Waals surface area contributed by atoms with Crippen LogP contribution in [0.3, 0.4) is 0 Å². The average molecular weight is 240 g/mol. The van der Waals surface area contributed by atoms with Crippen molar-refractivity contribution < 1.29 is 4.39 Å². The molecule has 1 fully saturated rings. The summed E-state index contributed by atoms with van der Waals surface area (Å²) in [5.74, 6) is 5.37. The Morgan fingerprint density at radius 2 is 2.12 bits per heavy atom. The number of halogens is 1. The van der Waals surface area contributed by atoms with Crippen molar-refractivity contribution in [3.05, 3.63) is 12.0 Å². The molecular formula is C10H17FN6. The summed E-state index contributed by atoms with van der Waals surface area (Å²) in [6.45, 7) is 6.53. The third-order valence-corrected chi connectivity index (χ3v) is 2.97. The molecule has 1 saturated heterocycles. The SMILES string of the molecule is CCN1CCN(c2nc(NN)ncc2F)CC1. The van der Waals surface area contributed by atoms with Crippen LogP contribution in [0.15, 0.2) is 6.20 Å². The van der Waals surface area contributed by atoms with Gasteiger partial charge >= 0.3 is 0 Å². The largest absolute Gasteiger partial charge is 0.351 e. The molecule has 0 atom stereocenters. The zero-order chi connectivity index (χ0) is 12.3. The van der Waals surface area contributed by atoms with Gasteiger partial charge in [-0.2, -0.15) is 4.98 Å². The standard InChI is InChI=1S/C10H17FN6/c1-2-16-3-5-17(6-4-16)9-8(11)7-13-10(14-9)15-12/h7H,2-6,12H2,1H3,(H,13,14,15). The monoisotopic (exact) mass is 240 g/mol. The summed E-state index contributed by atoms with van der Waals surface area (Å²) in [6.07, 6.45) is 1.14. The lowest BCUT2D eigenvalue weighted by atomic mass is 10.3. The molecule has 17 heavy (non-hydrogen) atoms. The summed E-state index contributed by atoms with van der Waals surface area (Å²) < 4.78 is 13.6. The van der Waals surface area contributed by atoms with E-state index in [0.29, 0.717) is 5.82 Å². The highest BCUT2D eigenvalue weighted by atomic mass is 19.1. The third kappa shape index (κ3) is 2.62. The maximum Gasteiger partial charge on any atom is 0.239 e. The number of hydrazine groups is 1. The van der Waals surface area contributed by atoms with Crippen molar-refractivity contribution in [1.82, 2.24) is 14.9 Å². The molecule has 0 spiro atoms. The van der Waals surface area contributed by atoms with E-state index in [1.54, 1.807) is 0 Å². The van der Waals surface area contributed by atoms with Crippen molar-refractivity contribution in [1.29, 1.82) is 0 Å². The molecule has 1 aromatic rings. The smallest absolute Gasteiger partial charge is 0.239 e. The van der Waals surface area contributed by atoms with Crippen molar-refractivity contribution in [2.24, 2.45) is 5.84 Å². The number of nitrogens with two attached hydrogens (primary N) is 1. The highest BCUT2D eigenvalue weighted by Gasteiger charge is 2.20. The van der Waals surface area contributed by atoms with E-state index in [2.05, 4.69) is 27.2 Å². The van der Waals surface area contributed by atoms with Gasteiger partial charge in [0.2, 0.25) is 5.95 Å². The lowest BCUT2D eigenvalue weighted by molar-refractivity contribution is 0.269. The molecule has 0 radical (unpaired) electrons. The third-order valence-electron chi connectivity index (χ3n) is 2.97. The van der Waals surface area contributed by atoms with Gasteiger partial charge in [0.15, 0.2) is 11.6 Å². The fourth-order valence-corrected chi connectivity index (χ4v) is 1.93. The molecule has 1 aliphatic heterocycles. The summed E-state index contributed by atoms with van der Waals surface area (Å²) in [5, 5.41) is 0. The van der Waals surface area contributed by atoms with Crippen molar-refractivity contribution in [3.8, 4) is 0 Å². The van der Waals surface area contributed by atoms with Gasteiger partial charge in [-0.05, 0) is 6.54 Å². The van der Waals surface area contributed by atoms with Gasteiger partial charge < -0.3 is 9.80 Å². The number of nitrogens with one attached hydrogen (secondary N) is 1. The van der Waals surface area contributed by atoms with Gasteiger partial charge in [-0.25, -0.2) is 15.2 Å². The van der Waals surface area contributed by atoms with Crippen LogP contribution in [0.1, 0.15) is 6.92 Å². The van der Waals surface area contributed by atoms with Gasteiger partial charge in [0.05, 0.1) is 6.20 Å². The first-order valence-electron chi connectivity index (χ1n) is 5.71. The molecular weight excluding hydrogens is 223 g/mol. The van der Waals surface area contributed by atoms with Crippen molar-refractivity contribution >= 4 is 11.8 Å². The molecule has 0 saturated carbocycles. The highest BCUT2D eigenvalue weighted by molar-refractivity contribution is 5.44. The van der Waals surface area contributed by atoms with Gasteiger partial charge in [-0.3, -0.25) is 5.43 Å². The molecule has 3 N–H and O–H groups in total. The van der Waals surface area contributed by atoms with Crippen LogP contribution in [0.2, 0.25) is 0 Å². The molecule has 94 valence electrons. The summed E-state index contributed by atoms with van der Waals surface area (Å²) in [6, 6.07) is 0. The van der Waals surface area contributed by atoms with Crippen LogP contribution in [0.5, 0.6) is 0 Å². The number of rotatable bonds is 3. The molecule has 0 aromatic carbocycles. The number of aromatic nitrogens is 2. The van der Waals surface area contributed by atoms with Crippen molar-refractivity contribution in [2.45, 2.75) is 6.92 Å². The van der Waals surface area contributed by atoms with Crippen LogP contribution in [0, 0.1) is 5.82 Å². The van der Waals surface area contributed by atoms with Crippen molar-refractivity contribution in [2.75, 3.05) is 43.0 Å². The maximum atomic E-state index is 13.6. The number of hydrogen-bond donors (Lipinski definition) is 2. The van der Waals surface area contributed by atoms with Gasteiger partial charge in [0.1, 0.15) is 0 Å². The first-order chi connectivity index (χ1) is 8.24. The van der Waals surface area contributed by atoms with E-state index in [4.69, 9.17) is 5.84 Å². The molecule has 7 heteroatoms. The van der Waals surface area contributed by atoms with Gasteiger partial charge in [-0.1, -0.05) is 6.92 Å². The number of piperazine rings is 1. The highest BCUT2D eigenvalue weighted by Crippen LogP contribution is 2.18. The number of likely N-dealkylation sites (N-methyl/N-ethyl adjacent to an activating group) is 1. The number of nitrogens with zero attached hydrogens (tertiary/aromatic N) is 4. The Kier molecular flexibility index (Phi) is 3.70. The molecule has 1 aromatic heterocycles. The van der Waals surface area contributed by atoms with E-state index in [-0.39, 0.29) is 5.95 Å². The van der Waals surface area contributed by atoms with Gasteiger partial charge in [0.25, 0.3) is 0 Å². The van der Waals surface area contributed by atoms with Gasteiger partial charge in [0, 0.05) is 26.2 Å². The zero-order valence-corrected chi connectivity index (χ0v) is 9.86. The second-order valence-corrected chi connectivity index (χ2v) is 3.93. The summed E-state index contributed by atoms with van der Waals surface area (Å²) >= 11 is 0. The quantitative estimate of drug-likeness (QED) is 0.574. The number of hydrogen-bond acceptors (Lipinski definition) is 6. The van der Waals surface area contributed by atoms with Crippen LogP contribution >= 0.6 is 0 Å². The minimum Gasteiger partial charge on any atom is -0.351 e. The van der Waals surface area contributed by atoms with Crippen molar-refractivity contribution in [3.63, 3.8) is 0 Å². The first-order valence-corrected chi connectivity index (χ1v) is 5.71. The molecule has 0 unspecified atom stereocenters. The molecule has 2 rings (SSSR count). The van der Waals surface area contributed by atoms with E-state index >= 15 is 0 Å². The fraction of sp³-hybridized carbons (Fsp3) is 0.600.